The maximum Gasteiger partial charge on any atom is 0.243 e. The summed E-state index contributed by atoms with van der Waals surface area (Å²) < 4.78 is 0. The smallest absolute Gasteiger partial charge is 0.243 e. The maximum atomic E-state index is 10.6. The first kappa shape index (κ1) is 10.4. The highest BCUT2D eigenvalue weighted by Crippen LogP contribution is 2.13. The van der Waals surface area contributed by atoms with E-state index in [0.29, 0.717) is 18.3 Å². The first-order valence-corrected chi connectivity index (χ1v) is 3.99. The standard InChI is InChI=1S/C8H17NO2/c1-6(2)4-7(3)5-8(10)9-11/h6-7,11H,4-5H2,1-3H3,(H,9,10). The fraction of sp³-hybridized carbons (Fsp3) is 0.875. The Bertz CT molecular complexity index is 123. The summed E-state index contributed by atoms with van der Waals surface area (Å²) in [5.41, 5.74) is 1.63. The molecule has 0 aromatic rings. The minimum absolute atomic E-state index is 0.293. The van der Waals surface area contributed by atoms with Gasteiger partial charge >= 0.3 is 0 Å². The third-order valence-corrected chi connectivity index (χ3v) is 1.53. The molecule has 0 aromatic carbocycles. The Morgan fingerprint density at radius 3 is 2.36 bits per heavy atom. The molecule has 0 saturated heterocycles. The molecule has 3 heteroatoms. The lowest BCUT2D eigenvalue weighted by Gasteiger charge is -2.11. The molecule has 1 amide bonds. The number of hydrogen-bond donors (Lipinski definition) is 2. The number of carbonyl (C=O) groups excluding carboxylic acids is 1. The minimum Gasteiger partial charge on any atom is -0.289 e. The topological polar surface area (TPSA) is 49.3 Å². The molecule has 0 bridgehead atoms. The molecule has 0 aromatic heterocycles. The molecule has 1 atom stereocenters. The lowest BCUT2D eigenvalue weighted by atomic mass is 9.96. The van der Waals surface area contributed by atoms with Crippen LogP contribution < -0.4 is 5.48 Å². The van der Waals surface area contributed by atoms with Crippen molar-refractivity contribution in [1.29, 1.82) is 0 Å². The van der Waals surface area contributed by atoms with Gasteiger partial charge in [0.15, 0.2) is 0 Å². The van der Waals surface area contributed by atoms with Gasteiger partial charge in [0.2, 0.25) is 5.91 Å². The van der Waals surface area contributed by atoms with Crippen molar-refractivity contribution in [2.75, 3.05) is 0 Å². The number of hydroxylamine groups is 1. The van der Waals surface area contributed by atoms with Crippen LogP contribution in [0.2, 0.25) is 0 Å². The molecule has 2 N–H and O–H groups in total. The largest absolute Gasteiger partial charge is 0.289 e. The average Bonchev–Trinajstić information content (AvgIpc) is 1.85. The molecule has 0 aliphatic rings. The van der Waals surface area contributed by atoms with E-state index in [1.54, 1.807) is 5.48 Å². The summed E-state index contributed by atoms with van der Waals surface area (Å²) in [7, 11) is 0. The summed E-state index contributed by atoms with van der Waals surface area (Å²) in [5, 5.41) is 8.22. The molecule has 0 saturated carbocycles. The van der Waals surface area contributed by atoms with Crippen LogP contribution >= 0.6 is 0 Å². The van der Waals surface area contributed by atoms with Crippen molar-refractivity contribution in [3.05, 3.63) is 0 Å². The van der Waals surface area contributed by atoms with Crippen LogP contribution in [0.15, 0.2) is 0 Å². The van der Waals surface area contributed by atoms with E-state index in [-0.39, 0.29) is 5.91 Å². The second-order valence-corrected chi connectivity index (χ2v) is 3.47. The van der Waals surface area contributed by atoms with Gasteiger partial charge in [0, 0.05) is 6.42 Å². The van der Waals surface area contributed by atoms with Crippen LogP contribution in [0.25, 0.3) is 0 Å². The molecule has 0 aliphatic carbocycles. The first-order chi connectivity index (χ1) is 5.06. The first-order valence-electron chi connectivity index (χ1n) is 3.99. The molecule has 3 nitrogen and oxygen atoms in total. The quantitative estimate of drug-likeness (QED) is 0.483. The zero-order valence-corrected chi connectivity index (χ0v) is 7.42. The van der Waals surface area contributed by atoms with Gasteiger partial charge in [-0.1, -0.05) is 20.8 Å². The van der Waals surface area contributed by atoms with Crippen molar-refractivity contribution in [2.45, 2.75) is 33.6 Å². The number of amides is 1. The van der Waals surface area contributed by atoms with Crippen LogP contribution in [-0.4, -0.2) is 11.1 Å². The molecule has 0 spiro atoms. The molecular formula is C8H17NO2. The average molecular weight is 159 g/mol. The van der Waals surface area contributed by atoms with E-state index in [9.17, 15) is 4.79 Å². The molecule has 66 valence electrons. The van der Waals surface area contributed by atoms with Gasteiger partial charge in [-0.15, -0.1) is 0 Å². The number of carbonyl (C=O) groups is 1. The lowest BCUT2D eigenvalue weighted by Crippen LogP contribution is -2.21. The van der Waals surface area contributed by atoms with E-state index in [4.69, 9.17) is 5.21 Å². The third-order valence-electron chi connectivity index (χ3n) is 1.53. The van der Waals surface area contributed by atoms with Gasteiger partial charge in [0.25, 0.3) is 0 Å². The van der Waals surface area contributed by atoms with E-state index in [1.165, 1.54) is 0 Å². The number of hydrogen-bond acceptors (Lipinski definition) is 2. The molecule has 11 heavy (non-hydrogen) atoms. The molecule has 0 heterocycles. The van der Waals surface area contributed by atoms with Crippen LogP contribution in [0.4, 0.5) is 0 Å². The van der Waals surface area contributed by atoms with Crippen molar-refractivity contribution in [1.82, 2.24) is 5.48 Å². The van der Waals surface area contributed by atoms with Gasteiger partial charge in [0.1, 0.15) is 0 Å². The monoisotopic (exact) mass is 159 g/mol. The highest BCUT2D eigenvalue weighted by atomic mass is 16.5. The van der Waals surface area contributed by atoms with Gasteiger partial charge in [-0.2, -0.15) is 0 Å². The van der Waals surface area contributed by atoms with E-state index < -0.39 is 0 Å². The Kier molecular flexibility index (Phi) is 4.86. The van der Waals surface area contributed by atoms with Crippen molar-refractivity contribution in [3.63, 3.8) is 0 Å². The predicted molar refractivity (Wildman–Crippen MR) is 43.2 cm³/mol. The molecule has 0 aliphatic heterocycles. The van der Waals surface area contributed by atoms with Crippen molar-refractivity contribution >= 4 is 5.91 Å². The normalized spacial score (nSPS) is 13.2. The lowest BCUT2D eigenvalue weighted by molar-refractivity contribution is -0.130. The summed E-state index contributed by atoms with van der Waals surface area (Å²) >= 11 is 0. The second kappa shape index (κ2) is 5.13. The van der Waals surface area contributed by atoms with Crippen LogP contribution in [-0.2, 0) is 4.79 Å². The van der Waals surface area contributed by atoms with Crippen LogP contribution in [0.5, 0.6) is 0 Å². The number of rotatable bonds is 4. The van der Waals surface area contributed by atoms with Gasteiger partial charge in [-0.25, -0.2) is 5.48 Å². The fourth-order valence-electron chi connectivity index (χ4n) is 1.25. The SMILES string of the molecule is CC(C)CC(C)CC(=O)NO. The van der Waals surface area contributed by atoms with Crippen LogP contribution in [0.3, 0.4) is 0 Å². The predicted octanol–water partition coefficient (Wildman–Crippen LogP) is 1.56. The zero-order chi connectivity index (χ0) is 8.85. The summed E-state index contributed by atoms with van der Waals surface area (Å²) in [4.78, 5) is 10.6. The van der Waals surface area contributed by atoms with Gasteiger partial charge < -0.3 is 0 Å². The van der Waals surface area contributed by atoms with Crippen LogP contribution in [0, 0.1) is 11.8 Å². The van der Waals surface area contributed by atoms with E-state index in [2.05, 4.69) is 13.8 Å². The highest BCUT2D eigenvalue weighted by molar-refractivity contribution is 5.74. The fourth-order valence-corrected chi connectivity index (χ4v) is 1.25. The Morgan fingerprint density at radius 1 is 1.45 bits per heavy atom. The third kappa shape index (κ3) is 5.85. The summed E-state index contributed by atoms with van der Waals surface area (Å²) in [6.07, 6.45) is 1.43. The highest BCUT2D eigenvalue weighted by Gasteiger charge is 2.09. The zero-order valence-electron chi connectivity index (χ0n) is 7.42. The molecule has 1 unspecified atom stereocenters. The van der Waals surface area contributed by atoms with Crippen molar-refractivity contribution in [2.24, 2.45) is 11.8 Å². The van der Waals surface area contributed by atoms with Gasteiger partial charge in [0.05, 0.1) is 0 Å². The van der Waals surface area contributed by atoms with Crippen molar-refractivity contribution < 1.29 is 10.0 Å². The molecular weight excluding hydrogens is 142 g/mol. The molecule has 0 fully saturated rings. The Balaban J connectivity index is 3.51. The van der Waals surface area contributed by atoms with E-state index in [0.717, 1.165) is 6.42 Å². The summed E-state index contributed by atoms with van der Waals surface area (Å²) in [6.45, 7) is 6.25. The van der Waals surface area contributed by atoms with Crippen LogP contribution in [0.1, 0.15) is 33.6 Å². The Labute approximate surface area is 67.8 Å². The number of nitrogens with one attached hydrogen (secondary N) is 1. The van der Waals surface area contributed by atoms with Gasteiger partial charge in [-0.05, 0) is 18.3 Å². The second-order valence-electron chi connectivity index (χ2n) is 3.47. The Hall–Kier alpha value is -0.570. The molecule has 0 radical (unpaired) electrons. The summed E-state index contributed by atoms with van der Waals surface area (Å²) in [6, 6.07) is 0. The van der Waals surface area contributed by atoms with E-state index in [1.807, 2.05) is 6.92 Å². The minimum atomic E-state index is -0.293. The molecule has 0 rings (SSSR count). The maximum absolute atomic E-state index is 10.6. The Morgan fingerprint density at radius 2 is 2.00 bits per heavy atom. The van der Waals surface area contributed by atoms with E-state index >= 15 is 0 Å². The van der Waals surface area contributed by atoms with Crippen molar-refractivity contribution in [3.8, 4) is 0 Å². The van der Waals surface area contributed by atoms with Gasteiger partial charge in [-0.3, -0.25) is 10.0 Å². The summed E-state index contributed by atoms with van der Waals surface area (Å²) in [5.74, 6) is 0.664.